The van der Waals surface area contributed by atoms with Gasteiger partial charge in [0, 0.05) is 11.1 Å². The molecule has 132 valence electrons. The lowest BCUT2D eigenvalue weighted by Crippen LogP contribution is -2.24. The molecule has 0 atom stereocenters. The first-order valence-corrected chi connectivity index (χ1v) is 8.35. The van der Waals surface area contributed by atoms with Gasteiger partial charge in [0.1, 0.15) is 5.60 Å². The van der Waals surface area contributed by atoms with E-state index in [0.717, 1.165) is 10.5 Å². The minimum atomic E-state index is -0.540. The van der Waals surface area contributed by atoms with Gasteiger partial charge in [-0.25, -0.2) is 4.98 Å². The fourth-order valence-corrected chi connectivity index (χ4v) is 2.99. The summed E-state index contributed by atoms with van der Waals surface area (Å²) in [4.78, 5) is 27.4. The van der Waals surface area contributed by atoms with Crippen LogP contribution in [0.3, 0.4) is 0 Å². The van der Waals surface area contributed by atoms with Crippen LogP contribution in [0.25, 0.3) is 0 Å². The van der Waals surface area contributed by atoms with Crippen molar-refractivity contribution in [2.75, 3.05) is 5.73 Å². The molecule has 0 amide bonds. The van der Waals surface area contributed by atoms with Crippen molar-refractivity contribution >= 4 is 29.2 Å². The molecule has 1 aromatic heterocycles. The lowest BCUT2D eigenvalue weighted by Gasteiger charge is -2.19. The first kappa shape index (κ1) is 18.7. The average Bonchev–Trinajstić information content (AvgIpc) is 2.47. The predicted molar refractivity (Wildman–Crippen MR) is 95.4 cm³/mol. The Bertz CT molecular complexity index is 785. The molecule has 0 aliphatic rings. The van der Waals surface area contributed by atoms with Crippen LogP contribution < -0.4 is 5.73 Å². The topological polar surface area (TPSA) is 108 Å². The molecule has 1 heterocycles. The Labute approximate surface area is 149 Å². The molecule has 2 N–H and O–H groups in total. The number of benzene rings is 1. The highest BCUT2D eigenvalue weighted by Crippen LogP contribution is 2.37. The molecule has 25 heavy (non-hydrogen) atoms. The fourth-order valence-electron chi connectivity index (χ4n) is 2.06. The van der Waals surface area contributed by atoms with Gasteiger partial charge in [0.15, 0.2) is 0 Å². The first-order valence-electron chi connectivity index (χ1n) is 7.53. The van der Waals surface area contributed by atoms with Crippen LogP contribution in [0, 0.1) is 10.1 Å². The van der Waals surface area contributed by atoms with Crippen molar-refractivity contribution in [2.45, 2.75) is 42.6 Å². The van der Waals surface area contributed by atoms with Crippen molar-refractivity contribution in [2.24, 2.45) is 0 Å². The number of rotatable bonds is 5. The normalized spacial score (nSPS) is 11.2. The standard InChI is InChI=1S/C17H19N3O4S/c1-17(2,3)24-14(21)10-11-4-6-12(7-5-11)25-13-8-9-19-16(18)15(13)20(22)23/h4-9H,10H2,1-3H3,(H2,18,19). The number of nitrogen functional groups attached to an aromatic ring is 1. The maximum absolute atomic E-state index is 11.8. The van der Waals surface area contributed by atoms with Crippen LogP contribution in [0.4, 0.5) is 11.5 Å². The summed E-state index contributed by atoms with van der Waals surface area (Å²) in [6.07, 6.45) is 1.60. The minimum Gasteiger partial charge on any atom is -0.460 e. The third kappa shape index (κ3) is 5.46. The van der Waals surface area contributed by atoms with E-state index in [1.807, 2.05) is 20.8 Å². The minimum absolute atomic E-state index is 0.114. The number of nitrogens with two attached hydrogens (primary N) is 1. The van der Waals surface area contributed by atoms with Gasteiger partial charge in [-0.1, -0.05) is 23.9 Å². The molecule has 0 saturated heterocycles. The first-order chi connectivity index (χ1) is 11.7. The lowest BCUT2D eigenvalue weighted by atomic mass is 10.1. The van der Waals surface area contributed by atoms with E-state index in [-0.39, 0.29) is 23.9 Å². The molecular weight excluding hydrogens is 342 g/mol. The fraction of sp³-hybridized carbons (Fsp3) is 0.294. The van der Waals surface area contributed by atoms with E-state index in [2.05, 4.69) is 4.98 Å². The molecule has 0 bridgehead atoms. The largest absolute Gasteiger partial charge is 0.460 e. The van der Waals surface area contributed by atoms with Gasteiger partial charge in [-0.3, -0.25) is 14.9 Å². The number of ether oxygens (including phenoxy) is 1. The maximum Gasteiger partial charge on any atom is 0.324 e. The molecule has 0 fully saturated rings. The Balaban J connectivity index is 2.10. The summed E-state index contributed by atoms with van der Waals surface area (Å²) in [7, 11) is 0. The second-order valence-corrected chi connectivity index (χ2v) is 7.42. The van der Waals surface area contributed by atoms with Crippen LogP contribution in [0.5, 0.6) is 0 Å². The molecular formula is C17H19N3O4S. The Morgan fingerprint density at radius 1 is 1.28 bits per heavy atom. The molecule has 8 heteroatoms. The number of aromatic nitrogens is 1. The van der Waals surface area contributed by atoms with E-state index in [1.54, 1.807) is 30.3 Å². The summed E-state index contributed by atoms with van der Waals surface area (Å²) in [6, 6.07) is 8.73. The van der Waals surface area contributed by atoms with Gasteiger partial charge in [0.2, 0.25) is 5.82 Å². The Morgan fingerprint density at radius 2 is 1.92 bits per heavy atom. The Kier molecular flexibility index (Phi) is 5.63. The lowest BCUT2D eigenvalue weighted by molar-refractivity contribution is -0.387. The number of hydrogen-bond acceptors (Lipinski definition) is 7. The number of pyridine rings is 1. The second-order valence-electron chi connectivity index (χ2n) is 6.31. The number of nitro groups is 1. The Hall–Kier alpha value is -2.61. The Morgan fingerprint density at radius 3 is 2.48 bits per heavy atom. The van der Waals surface area contributed by atoms with Crippen LogP contribution in [0.2, 0.25) is 0 Å². The molecule has 0 aliphatic carbocycles. The van der Waals surface area contributed by atoms with E-state index in [4.69, 9.17) is 10.5 Å². The highest BCUT2D eigenvalue weighted by atomic mass is 32.2. The molecule has 0 saturated carbocycles. The number of hydrogen-bond donors (Lipinski definition) is 1. The highest BCUT2D eigenvalue weighted by molar-refractivity contribution is 7.99. The zero-order valence-electron chi connectivity index (χ0n) is 14.2. The van der Waals surface area contributed by atoms with E-state index in [9.17, 15) is 14.9 Å². The van der Waals surface area contributed by atoms with Crippen molar-refractivity contribution in [3.63, 3.8) is 0 Å². The molecule has 0 unspecified atom stereocenters. The van der Waals surface area contributed by atoms with E-state index in [0.29, 0.717) is 4.90 Å². The summed E-state index contributed by atoms with van der Waals surface area (Å²) in [5.41, 5.74) is 5.67. The van der Waals surface area contributed by atoms with Crippen LogP contribution in [-0.2, 0) is 16.0 Å². The monoisotopic (exact) mass is 361 g/mol. The highest BCUT2D eigenvalue weighted by Gasteiger charge is 2.20. The SMILES string of the molecule is CC(C)(C)OC(=O)Cc1ccc(Sc2ccnc(N)c2[N+](=O)[O-])cc1. The molecule has 2 rings (SSSR count). The smallest absolute Gasteiger partial charge is 0.324 e. The summed E-state index contributed by atoms with van der Waals surface area (Å²) in [5.74, 6) is -0.415. The van der Waals surface area contributed by atoms with Gasteiger partial charge in [0.05, 0.1) is 16.2 Å². The van der Waals surface area contributed by atoms with E-state index < -0.39 is 10.5 Å². The zero-order valence-corrected chi connectivity index (χ0v) is 15.0. The van der Waals surface area contributed by atoms with Gasteiger partial charge in [-0.05, 0) is 44.5 Å². The number of anilines is 1. The quantitative estimate of drug-likeness (QED) is 0.492. The van der Waals surface area contributed by atoms with E-state index >= 15 is 0 Å². The van der Waals surface area contributed by atoms with Crippen molar-refractivity contribution in [1.29, 1.82) is 0 Å². The van der Waals surface area contributed by atoms with Gasteiger partial charge in [-0.15, -0.1) is 0 Å². The molecule has 1 aromatic carbocycles. The molecule has 2 aromatic rings. The van der Waals surface area contributed by atoms with Gasteiger partial charge >= 0.3 is 11.7 Å². The summed E-state index contributed by atoms with van der Waals surface area (Å²) in [5, 5.41) is 11.1. The number of esters is 1. The number of carbonyl (C=O) groups is 1. The third-order valence-electron chi connectivity index (χ3n) is 3.02. The second kappa shape index (κ2) is 7.52. The van der Waals surface area contributed by atoms with Gasteiger partial charge in [0.25, 0.3) is 0 Å². The van der Waals surface area contributed by atoms with Crippen molar-refractivity contribution in [3.8, 4) is 0 Å². The molecule has 7 nitrogen and oxygen atoms in total. The number of nitrogens with zero attached hydrogens (tertiary/aromatic N) is 2. The summed E-state index contributed by atoms with van der Waals surface area (Å²) >= 11 is 1.22. The van der Waals surface area contributed by atoms with Gasteiger partial charge < -0.3 is 10.5 Å². The van der Waals surface area contributed by atoms with Crippen LogP contribution in [0.15, 0.2) is 46.3 Å². The average molecular weight is 361 g/mol. The molecule has 0 spiro atoms. The third-order valence-corrected chi connectivity index (χ3v) is 4.07. The van der Waals surface area contributed by atoms with Crippen molar-refractivity contribution in [1.82, 2.24) is 4.98 Å². The summed E-state index contributed by atoms with van der Waals surface area (Å²) < 4.78 is 5.28. The molecule has 0 aliphatic heterocycles. The van der Waals surface area contributed by atoms with E-state index in [1.165, 1.54) is 18.0 Å². The molecule has 0 radical (unpaired) electrons. The van der Waals surface area contributed by atoms with Crippen molar-refractivity contribution < 1.29 is 14.5 Å². The van der Waals surface area contributed by atoms with Crippen LogP contribution >= 0.6 is 11.8 Å². The predicted octanol–water partition coefficient (Wildman–Crippen LogP) is 3.61. The number of carbonyl (C=O) groups excluding carboxylic acids is 1. The van der Waals surface area contributed by atoms with Crippen LogP contribution in [-0.4, -0.2) is 21.5 Å². The van der Waals surface area contributed by atoms with Crippen molar-refractivity contribution in [3.05, 3.63) is 52.2 Å². The van der Waals surface area contributed by atoms with Gasteiger partial charge in [-0.2, -0.15) is 0 Å². The van der Waals surface area contributed by atoms with Crippen LogP contribution in [0.1, 0.15) is 26.3 Å². The zero-order chi connectivity index (χ0) is 18.6. The summed E-state index contributed by atoms with van der Waals surface area (Å²) in [6.45, 7) is 5.45. The maximum atomic E-state index is 11.8.